The molecule has 6 heteroatoms. The van der Waals surface area contributed by atoms with Gasteiger partial charge in [0, 0.05) is 26.2 Å². The molecule has 0 atom stereocenters. The van der Waals surface area contributed by atoms with Gasteiger partial charge in [-0.15, -0.1) is 0 Å². The summed E-state index contributed by atoms with van der Waals surface area (Å²) in [6, 6.07) is 0. The second-order valence-corrected chi connectivity index (χ2v) is 5.86. The van der Waals surface area contributed by atoms with Gasteiger partial charge in [-0.25, -0.2) is 0 Å². The molecule has 20 heavy (non-hydrogen) atoms. The Morgan fingerprint density at radius 1 is 1.10 bits per heavy atom. The summed E-state index contributed by atoms with van der Waals surface area (Å²) in [4.78, 5) is 27.7. The fourth-order valence-corrected chi connectivity index (χ4v) is 3.07. The summed E-state index contributed by atoms with van der Waals surface area (Å²) < 4.78 is 4.66. The van der Waals surface area contributed by atoms with E-state index in [1.54, 1.807) is 0 Å². The second kappa shape index (κ2) is 6.54. The molecule has 0 aromatic heterocycles. The molecule has 0 aromatic rings. The molecule has 0 spiro atoms. The number of carbonyl (C=O) groups is 2. The van der Waals surface area contributed by atoms with Gasteiger partial charge in [0.15, 0.2) is 0 Å². The van der Waals surface area contributed by atoms with Crippen molar-refractivity contribution in [1.29, 1.82) is 0 Å². The van der Waals surface area contributed by atoms with Crippen molar-refractivity contribution >= 4 is 11.9 Å². The van der Waals surface area contributed by atoms with Crippen LogP contribution in [-0.4, -0.2) is 67.0 Å². The molecule has 2 N–H and O–H groups in total. The van der Waals surface area contributed by atoms with E-state index in [0.29, 0.717) is 32.7 Å². The lowest BCUT2D eigenvalue weighted by Gasteiger charge is -2.40. The van der Waals surface area contributed by atoms with Gasteiger partial charge in [-0.2, -0.15) is 0 Å². The van der Waals surface area contributed by atoms with Crippen LogP contribution in [0.15, 0.2) is 0 Å². The van der Waals surface area contributed by atoms with Crippen molar-refractivity contribution in [2.24, 2.45) is 5.73 Å². The number of rotatable bonds is 3. The maximum atomic E-state index is 12.6. The molecule has 6 nitrogen and oxygen atoms in total. The Morgan fingerprint density at radius 3 is 2.25 bits per heavy atom. The predicted molar refractivity (Wildman–Crippen MR) is 75.0 cm³/mol. The summed E-state index contributed by atoms with van der Waals surface area (Å²) in [5.74, 6) is -0.137. The van der Waals surface area contributed by atoms with E-state index in [-0.39, 0.29) is 11.9 Å². The quantitative estimate of drug-likeness (QED) is 0.736. The van der Waals surface area contributed by atoms with Gasteiger partial charge in [-0.3, -0.25) is 14.5 Å². The van der Waals surface area contributed by atoms with E-state index in [0.717, 1.165) is 25.7 Å². The van der Waals surface area contributed by atoms with Crippen LogP contribution in [0.25, 0.3) is 0 Å². The average molecular weight is 283 g/mol. The van der Waals surface area contributed by atoms with Crippen LogP contribution in [-0.2, 0) is 14.3 Å². The second-order valence-electron chi connectivity index (χ2n) is 5.86. The number of ether oxygens (including phenoxy) is 1. The Hall–Kier alpha value is -1.14. The number of hydrogen-bond donors (Lipinski definition) is 1. The molecule has 2 aliphatic rings. The van der Waals surface area contributed by atoms with Crippen molar-refractivity contribution in [1.82, 2.24) is 9.80 Å². The summed E-state index contributed by atoms with van der Waals surface area (Å²) in [7, 11) is 1.39. The van der Waals surface area contributed by atoms with E-state index >= 15 is 0 Å². The van der Waals surface area contributed by atoms with Crippen molar-refractivity contribution in [2.45, 2.75) is 37.6 Å². The molecule has 1 aliphatic heterocycles. The van der Waals surface area contributed by atoms with E-state index in [1.165, 1.54) is 13.5 Å². The maximum Gasteiger partial charge on any atom is 0.319 e. The molecular formula is C14H25N3O3. The molecular weight excluding hydrogens is 258 g/mol. The van der Waals surface area contributed by atoms with Gasteiger partial charge in [-0.1, -0.05) is 19.3 Å². The van der Waals surface area contributed by atoms with Crippen molar-refractivity contribution in [3.8, 4) is 0 Å². The Labute approximate surface area is 120 Å². The van der Waals surface area contributed by atoms with Crippen LogP contribution in [0.2, 0.25) is 0 Å². The number of hydrogen-bond acceptors (Lipinski definition) is 5. The molecule has 1 saturated carbocycles. The zero-order valence-electron chi connectivity index (χ0n) is 12.3. The number of esters is 1. The zero-order valence-corrected chi connectivity index (χ0v) is 12.3. The van der Waals surface area contributed by atoms with Crippen LogP contribution < -0.4 is 5.73 Å². The molecule has 1 amide bonds. The maximum absolute atomic E-state index is 12.6. The van der Waals surface area contributed by atoms with Gasteiger partial charge in [0.1, 0.15) is 0 Å². The topological polar surface area (TPSA) is 75.9 Å². The number of nitrogens with zero attached hydrogens (tertiary/aromatic N) is 2. The van der Waals surface area contributed by atoms with E-state index in [1.807, 2.05) is 9.80 Å². The summed E-state index contributed by atoms with van der Waals surface area (Å²) in [6.45, 7) is 3.00. The number of piperazine rings is 1. The Kier molecular flexibility index (Phi) is 4.99. The number of nitrogens with two attached hydrogens (primary N) is 1. The van der Waals surface area contributed by atoms with E-state index < -0.39 is 5.54 Å². The molecule has 1 aliphatic carbocycles. The minimum absolute atomic E-state index is 0.0925. The van der Waals surface area contributed by atoms with Crippen LogP contribution >= 0.6 is 0 Å². The van der Waals surface area contributed by atoms with Gasteiger partial charge >= 0.3 is 5.97 Å². The van der Waals surface area contributed by atoms with E-state index in [4.69, 9.17) is 5.73 Å². The predicted octanol–water partition coefficient (Wildman–Crippen LogP) is -0.0348. The Morgan fingerprint density at radius 2 is 1.70 bits per heavy atom. The van der Waals surface area contributed by atoms with E-state index in [2.05, 4.69) is 4.74 Å². The van der Waals surface area contributed by atoms with Crippen LogP contribution in [0.1, 0.15) is 32.1 Å². The first-order chi connectivity index (χ1) is 9.55. The Balaban J connectivity index is 1.84. The summed E-state index contributed by atoms with van der Waals surface area (Å²) in [5, 5.41) is 0. The van der Waals surface area contributed by atoms with Gasteiger partial charge in [0.2, 0.25) is 5.91 Å². The average Bonchev–Trinajstić information content (AvgIpc) is 2.48. The van der Waals surface area contributed by atoms with Crippen molar-refractivity contribution in [2.75, 3.05) is 39.8 Å². The lowest BCUT2D eigenvalue weighted by molar-refractivity contribution is -0.144. The summed E-state index contributed by atoms with van der Waals surface area (Å²) in [6.07, 6.45) is 4.87. The molecule has 114 valence electrons. The highest BCUT2D eigenvalue weighted by Gasteiger charge is 2.39. The highest BCUT2D eigenvalue weighted by atomic mass is 16.5. The molecule has 0 radical (unpaired) electrons. The van der Waals surface area contributed by atoms with Crippen molar-refractivity contribution in [3.05, 3.63) is 0 Å². The van der Waals surface area contributed by atoms with Crippen LogP contribution in [0.3, 0.4) is 0 Å². The first-order valence-electron chi connectivity index (χ1n) is 7.42. The van der Waals surface area contributed by atoms with Crippen molar-refractivity contribution < 1.29 is 14.3 Å². The minimum Gasteiger partial charge on any atom is -0.468 e. The zero-order chi connectivity index (χ0) is 14.6. The lowest BCUT2D eigenvalue weighted by Crippen LogP contribution is -2.60. The molecule has 2 rings (SSSR count). The third kappa shape index (κ3) is 3.49. The number of methoxy groups -OCH3 is 1. The fourth-order valence-electron chi connectivity index (χ4n) is 3.07. The highest BCUT2D eigenvalue weighted by molar-refractivity contribution is 5.86. The van der Waals surface area contributed by atoms with Gasteiger partial charge in [-0.05, 0) is 12.8 Å². The van der Waals surface area contributed by atoms with E-state index in [9.17, 15) is 9.59 Å². The highest BCUT2D eigenvalue weighted by Crippen LogP contribution is 2.28. The smallest absolute Gasteiger partial charge is 0.319 e. The summed E-state index contributed by atoms with van der Waals surface area (Å²) in [5.41, 5.74) is 5.64. The number of carbonyl (C=O) groups excluding carboxylic acids is 2. The normalized spacial score (nSPS) is 23.4. The van der Waals surface area contributed by atoms with Crippen LogP contribution in [0.5, 0.6) is 0 Å². The molecule has 1 saturated heterocycles. The first-order valence-corrected chi connectivity index (χ1v) is 7.42. The largest absolute Gasteiger partial charge is 0.468 e. The Bertz CT molecular complexity index is 359. The molecule has 1 heterocycles. The van der Waals surface area contributed by atoms with Gasteiger partial charge < -0.3 is 15.4 Å². The van der Waals surface area contributed by atoms with Crippen LogP contribution in [0.4, 0.5) is 0 Å². The third-order valence-corrected chi connectivity index (χ3v) is 4.41. The molecule has 2 fully saturated rings. The van der Waals surface area contributed by atoms with Crippen LogP contribution in [0, 0.1) is 0 Å². The molecule has 0 aromatic carbocycles. The SMILES string of the molecule is COC(=O)CN1CCN(C(=O)C2(N)CCCCC2)CC1. The standard InChI is InChI=1S/C14H25N3O3/c1-20-12(18)11-16-7-9-17(10-8-16)13(19)14(15)5-3-2-4-6-14/h2-11,15H2,1H3. The van der Waals surface area contributed by atoms with Gasteiger partial charge in [0.25, 0.3) is 0 Å². The minimum atomic E-state index is -0.650. The monoisotopic (exact) mass is 283 g/mol. The third-order valence-electron chi connectivity index (χ3n) is 4.41. The molecule has 0 bridgehead atoms. The van der Waals surface area contributed by atoms with Gasteiger partial charge in [0.05, 0.1) is 19.2 Å². The lowest BCUT2D eigenvalue weighted by atomic mass is 9.81. The molecule has 0 unspecified atom stereocenters. The fraction of sp³-hybridized carbons (Fsp3) is 0.857. The number of amides is 1. The first kappa shape index (κ1) is 15.3. The summed E-state index contributed by atoms with van der Waals surface area (Å²) >= 11 is 0. The van der Waals surface area contributed by atoms with Crippen molar-refractivity contribution in [3.63, 3.8) is 0 Å².